The van der Waals surface area contributed by atoms with Crippen molar-refractivity contribution in [1.29, 1.82) is 0 Å². The predicted octanol–water partition coefficient (Wildman–Crippen LogP) is -3.66. The number of aliphatic hydroxyl groups is 4. The van der Waals surface area contributed by atoms with Crippen molar-refractivity contribution in [2.45, 2.75) is 18.3 Å². The second-order valence-corrected chi connectivity index (χ2v) is 3.40. The molecule has 0 amide bonds. The van der Waals surface area contributed by atoms with Crippen molar-refractivity contribution in [1.82, 2.24) is 5.43 Å². The van der Waals surface area contributed by atoms with Crippen molar-refractivity contribution < 1.29 is 30.3 Å². The van der Waals surface area contributed by atoms with E-state index in [0.29, 0.717) is 0 Å². The zero-order valence-corrected chi connectivity index (χ0v) is 9.33. The second kappa shape index (κ2) is 7.09. The van der Waals surface area contributed by atoms with Crippen LogP contribution in [0.1, 0.15) is 0 Å². The SMILES string of the molecule is NC(=S)N/N=C(\C(=O)O)C(O)C(O)C(O)CO. The molecule has 0 spiro atoms. The molecule has 0 rings (SSSR count). The molecule has 98 valence electrons. The van der Waals surface area contributed by atoms with Crippen LogP contribution in [0.5, 0.6) is 0 Å². The van der Waals surface area contributed by atoms with E-state index in [1.807, 2.05) is 5.43 Å². The van der Waals surface area contributed by atoms with E-state index in [1.165, 1.54) is 0 Å². The molecular formula is C7H13N3O6S. The van der Waals surface area contributed by atoms with Crippen LogP contribution in [0, 0.1) is 0 Å². The number of carboxylic acids is 1. The van der Waals surface area contributed by atoms with E-state index >= 15 is 0 Å². The zero-order chi connectivity index (χ0) is 13.6. The van der Waals surface area contributed by atoms with Crippen LogP contribution in [0.25, 0.3) is 0 Å². The topological polar surface area (TPSA) is 169 Å². The summed E-state index contributed by atoms with van der Waals surface area (Å²) in [5.74, 6) is -1.65. The monoisotopic (exact) mass is 267 g/mol. The maximum atomic E-state index is 10.7. The molecule has 8 N–H and O–H groups in total. The van der Waals surface area contributed by atoms with Gasteiger partial charge in [-0.25, -0.2) is 4.79 Å². The third kappa shape index (κ3) is 5.01. The Morgan fingerprint density at radius 2 is 1.94 bits per heavy atom. The van der Waals surface area contributed by atoms with Gasteiger partial charge in [0, 0.05) is 0 Å². The normalized spacial score (nSPS) is 17.1. The number of hydrogen-bond donors (Lipinski definition) is 7. The number of nitrogens with two attached hydrogens (primary N) is 1. The molecule has 0 heterocycles. The Labute approximate surface area is 101 Å². The molecule has 0 aromatic heterocycles. The first-order chi connectivity index (χ1) is 7.81. The number of nitrogens with zero attached hydrogens (tertiary/aromatic N) is 1. The number of aliphatic carboxylic acids is 1. The Kier molecular flexibility index (Phi) is 6.53. The maximum absolute atomic E-state index is 10.7. The molecule has 9 nitrogen and oxygen atoms in total. The van der Waals surface area contributed by atoms with Crippen LogP contribution in [0.4, 0.5) is 0 Å². The van der Waals surface area contributed by atoms with Crippen molar-refractivity contribution in [3.63, 3.8) is 0 Å². The van der Waals surface area contributed by atoms with Gasteiger partial charge in [0.25, 0.3) is 0 Å². The van der Waals surface area contributed by atoms with E-state index in [9.17, 15) is 15.0 Å². The first-order valence-corrected chi connectivity index (χ1v) is 4.73. The predicted molar refractivity (Wildman–Crippen MR) is 60.1 cm³/mol. The van der Waals surface area contributed by atoms with Gasteiger partial charge < -0.3 is 31.3 Å². The van der Waals surface area contributed by atoms with Crippen molar-refractivity contribution >= 4 is 29.0 Å². The van der Waals surface area contributed by atoms with Crippen molar-refractivity contribution in [3.05, 3.63) is 0 Å². The van der Waals surface area contributed by atoms with Crippen LogP contribution in [0.2, 0.25) is 0 Å². The lowest BCUT2D eigenvalue weighted by Gasteiger charge is -2.20. The number of rotatable bonds is 6. The summed E-state index contributed by atoms with van der Waals surface area (Å²) in [7, 11) is 0. The van der Waals surface area contributed by atoms with Crippen LogP contribution in [-0.4, -0.2) is 67.2 Å². The number of nitrogens with one attached hydrogen (secondary N) is 1. The standard InChI is InChI=1S/C7H13N3O6S/c8-7(17)10-9-3(6(15)16)5(14)4(13)2(12)1-11/h2,4-5,11-14H,1H2,(H,15,16)(H3,8,10,17)/b9-3-. The first-order valence-electron chi connectivity index (χ1n) is 4.32. The van der Waals surface area contributed by atoms with Gasteiger partial charge in [-0.05, 0) is 12.2 Å². The summed E-state index contributed by atoms with van der Waals surface area (Å²) in [5.41, 5.74) is 6.01. The van der Waals surface area contributed by atoms with Crippen LogP contribution < -0.4 is 11.2 Å². The fraction of sp³-hybridized carbons (Fsp3) is 0.571. The fourth-order valence-electron chi connectivity index (χ4n) is 0.836. The molecule has 0 aromatic rings. The highest BCUT2D eigenvalue weighted by molar-refractivity contribution is 7.80. The molecule has 0 aliphatic rings. The summed E-state index contributed by atoms with van der Waals surface area (Å²) >= 11 is 4.36. The lowest BCUT2D eigenvalue weighted by Crippen LogP contribution is -2.47. The molecule has 0 aliphatic heterocycles. The molecule has 3 atom stereocenters. The maximum Gasteiger partial charge on any atom is 0.354 e. The molecule has 0 fully saturated rings. The highest BCUT2D eigenvalue weighted by atomic mass is 32.1. The van der Waals surface area contributed by atoms with Gasteiger partial charge in [-0.2, -0.15) is 5.10 Å². The summed E-state index contributed by atoms with van der Waals surface area (Å²) in [4.78, 5) is 10.7. The number of hydrazone groups is 1. The van der Waals surface area contributed by atoms with Gasteiger partial charge in [0.2, 0.25) is 0 Å². The molecule has 0 saturated carbocycles. The van der Waals surface area contributed by atoms with Gasteiger partial charge >= 0.3 is 5.97 Å². The van der Waals surface area contributed by atoms with Crippen LogP contribution >= 0.6 is 12.2 Å². The van der Waals surface area contributed by atoms with E-state index in [4.69, 9.17) is 21.1 Å². The summed E-state index contributed by atoms with van der Waals surface area (Å²) in [6.07, 6.45) is -5.64. The zero-order valence-electron chi connectivity index (χ0n) is 8.52. The Hall–Kier alpha value is -1.33. The molecule has 0 bridgehead atoms. The van der Waals surface area contributed by atoms with Crippen molar-refractivity contribution in [2.24, 2.45) is 10.8 Å². The van der Waals surface area contributed by atoms with Gasteiger partial charge in [0.1, 0.15) is 18.3 Å². The lowest BCUT2D eigenvalue weighted by atomic mass is 10.0. The Bertz CT molecular complexity index is 323. The minimum atomic E-state index is -2.02. The quantitative estimate of drug-likeness (QED) is 0.146. The molecular weight excluding hydrogens is 254 g/mol. The Morgan fingerprint density at radius 1 is 1.41 bits per heavy atom. The van der Waals surface area contributed by atoms with Crippen LogP contribution in [-0.2, 0) is 4.79 Å². The third-order valence-electron chi connectivity index (χ3n) is 1.69. The molecule has 3 unspecified atom stereocenters. The summed E-state index contributed by atoms with van der Waals surface area (Å²) < 4.78 is 0. The summed E-state index contributed by atoms with van der Waals surface area (Å²) in [6.45, 7) is -0.853. The van der Waals surface area contributed by atoms with Gasteiger partial charge in [-0.3, -0.25) is 5.43 Å². The largest absolute Gasteiger partial charge is 0.477 e. The number of aliphatic hydroxyl groups excluding tert-OH is 4. The number of hydrogen-bond acceptors (Lipinski definition) is 7. The smallest absolute Gasteiger partial charge is 0.354 e. The van der Waals surface area contributed by atoms with Crippen LogP contribution in [0.3, 0.4) is 0 Å². The Morgan fingerprint density at radius 3 is 2.29 bits per heavy atom. The van der Waals surface area contributed by atoms with E-state index < -0.39 is 36.6 Å². The minimum absolute atomic E-state index is 0.340. The third-order valence-corrected chi connectivity index (χ3v) is 1.78. The van der Waals surface area contributed by atoms with Gasteiger partial charge in [-0.15, -0.1) is 0 Å². The van der Waals surface area contributed by atoms with E-state index in [2.05, 4.69) is 17.3 Å². The van der Waals surface area contributed by atoms with E-state index in [0.717, 1.165) is 0 Å². The molecule has 0 saturated heterocycles. The average Bonchev–Trinajstić information content (AvgIpc) is 2.25. The molecule has 0 aliphatic carbocycles. The molecule has 0 aromatic carbocycles. The minimum Gasteiger partial charge on any atom is -0.477 e. The molecule has 17 heavy (non-hydrogen) atoms. The highest BCUT2D eigenvalue weighted by Crippen LogP contribution is 2.02. The number of carboxylic acid groups (broad SMARTS) is 1. The average molecular weight is 267 g/mol. The number of carbonyl (C=O) groups is 1. The van der Waals surface area contributed by atoms with Crippen LogP contribution in [0.15, 0.2) is 5.10 Å². The highest BCUT2D eigenvalue weighted by Gasteiger charge is 2.32. The molecule has 0 radical (unpaired) electrons. The van der Waals surface area contributed by atoms with Gasteiger partial charge in [-0.1, -0.05) is 0 Å². The molecule has 10 heteroatoms. The van der Waals surface area contributed by atoms with Gasteiger partial charge in [0.15, 0.2) is 10.8 Å². The lowest BCUT2D eigenvalue weighted by molar-refractivity contribution is -0.130. The summed E-state index contributed by atoms with van der Waals surface area (Å²) in [5, 5.41) is 47.7. The second-order valence-electron chi connectivity index (χ2n) is 2.96. The summed E-state index contributed by atoms with van der Waals surface area (Å²) in [6, 6.07) is 0. The van der Waals surface area contributed by atoms with E-state index in [-0.39, 0.29) is 5.11 Å². The number of thiocarbonyl (C=S) groups is 1. The van der Waals surface area contributed by atoms with Gasteiger partial charge in [0.05, 0.1) is 6.61 Å². The van der Waals surface area contributed by atoms with E-state index in [1.54, 1.807) is 0 Å². The van der Waals surface area contributed by atoms with Crippen molar-refractivity contribution in [2.75, 3.05) is 6.61 Å². The Balaban J connectivity index is 4.88. The van der Waals surface area contributed by atoms with Crippen molar-refractivity contribution in [3.8, 4) is 0 Å². The fourth-order valence-corrected chi connectivity index (χ4v) is 0.882. The first kappa shape index (κ1) is 15.7.